The third-order valence-electron chi connectivity index (χ3n) is 10.1. The number of nitrogens with two attached hydrogens (primary N) is 3. The van der Waals surface area contributed by atoms with Crippen molar-refractivity contribution in [2.75, 3.05) is 32.1 Å². The molecule has 17 N–H and O–H groups in total. The van der Waals surface area contributed by atoms with Gasteiger partial charge in [0.25, 0.3) is 0 Å². The standard InChI is InChI=1S/C38H65N14O14PS/c1-19(2)11-23(14-53)47-34(59)26(15-54)49-31(56)21(4)46-36(61)29-8-6-10-52(29)37(62)28(17-68)51-35(60)27(16-66-67(63,64)65)50-33(58)25(12-22-13-42-18-44-22)48-30(55)20(3)45-32(57)24(39)7-5-9-43-38(40)41/h13-14,18-21,23-29,54,68H,5-12,15-17,39H2,1-4H3,(H,42,44)(H,45,57)(H,46,61)(H,47,59)(H,48,55)(H,49,56)(H,50,58)(H,51,60)(H4,40,41,43)(H2,63,64,65)/t20-,21-,23-,24-,25-,26-,27-,28-,29-/m0/s1. The van der Waals surface area contributed by atoms with Crippen molar-refractivity contribution in [3.8, 4) is 0 Å². The largest absolute Gasteiger partial charge is 0.469 e. The molecule has 28 nitrogen and oxygen atoms in total. The van der Waals surface area contributed by atoms with E-state index in [2.05, 4.69) is 69.3 Å². The molecule has 1 aliphatic heterocycles. The van der Waals surface area contributed by atoms with Gasteiger partial charge in [0.2, 0.25) is 47.3 Å². The van der Waals surface area contributed by atoms with Gasteiger partial charge in [0.15, 0.2) is 5.96 Å². The van der Waals surface area contributed by atoms with Crippen LogP contribution in [0.4, 0.5) is 0 Å². The fourth-order valence-corrected chi connectivity index (χ4v) is 7.14. The molecule has 0 bridgehead atoms. The number of aliphatic hydroxyl groups excluding tert-OH is 1. The van der Waals surface area contributed by atoms with Crippen LogP contribution >= 0.6 is 20.5 Å². The molecule has 2 rings (SSSR count). The van der Waals surface area contributed by atoms with Gasteiger partial charge >= 0.3 is 7.82 Å². The van der Waals surface area contributed by atoms with Crippen molar-refractivity contribution in [1.82, 2.24) is 52.1 Å². The summed E-state index contributed by atoms with van der Waals surface area (Å²) in [4.78, 5) is 149. The quantitative estimate of drug-likeness (QED) is 0.00887. The Bertz CT molecular complexity index is 1970. The number of thiol groups is 1. The van der Waals surface area contributed by atoms with E-state index in [0.29, 0.717) is 31.2 Å². The number of amides is 8. The van der Waals surface area contributed by atoms with E-state index in [4.69, 9.17) is 17.2 Å². The highest BCUT2D eigenvalue weighted by atomic mass is 32.1. The number of imidazole rings is 1. The van der Waals surface area contributed by atoms with Crippen molar-refractivity contribution in [2.24, 2.45) is 28.1 Å². The normalized spacial score (nSPS) is 17.1. The lowest BCUT2D eigenvalue weighted by atomic mass is 10.0. The number of aromatic amines is 1. The second-order valence-corrected chi connectivity index (χ2v) is 17.9. The van der Waals surface area contributed by atoms with Gasteiger partial charge in [-0.1, -0.05) is 13.8 Å². The third-order valence-corrected chi connectivity index (χ3v) is 11.0. The average Bonchev–Trinajstić information content (AvgIpc) is 3.99. The predicted molar refractivity (Wildman–Crippen MR) is 244 cm³/mol. The minimum Gasteiger partial charge on any atom is -0.394 e. The zero-order valence-corrected chi connectivity index (χ0v) is 39.9. The van der Waals surface area contributed by atoms with Crippen LogP contribution in [0, 0.1) is 5.92 Å². The maximum atomic E-state index is 13.9. The van der Waals surface area contributed by atoms with Crippen molar-refractivity contribution in [1.29, 1.82) is 0 Å². The molecule has 0 aliphatic carbocycles. The molecule has 1 saturated heterocycles. The van der Waals surface area contributed by atoms with Gasteiger partial charge in [-0.25, -0.2) is 9.55 Å². The number of aldehydes is 1. The number of hydrogen-bond acceptors (Lipinski definition) is 16. The molecule has 1 aromatic rings. The maximum Gasteiger partial charge on any atom is 0.469 e. The van der Waals surface area contributed by atoms with Crippen LogP contribution in [0.3, 0.4) is 0 Å². The molecule has 0 radical (unpaired) electrons. The van der Waals surface area contributed by atoms with E-state index in [-0.39, 0.29) is 50.0 Å². The number of rotatable bonds is 29. The lowest BCUT2D eigenvalue weighted by Gasteiger charge is -2.30. The molecule has 2 heterocycles. The van der Waals surface area contributed by atoms with Crippen molar-refractivity contribution in [3.63, 3.8) is 0 Å². The van der Waals surface area contributed by atoms with Crippen molar-refractivity contribution in [3.05, 3.63) is 18.2 Å². The number of likely N-dealkylation sites (tertiary alicyclic amines) is 1. The minimum absolute atomic E-state index is 0.0133. The topological polar surface area (TPSA) is 447 Å². The summed E-state index contributed by atoms with van der Waals surface area (Å²) < 4.78 is 16.3. The molecule has 9 atom stereocenters. The number of aromatic nitrogens is 2. The van der Waals surface area contributed by atoms with Crippen LogP contribution in [-0.4, -0.2) is 176 Å². The Morgan fingerprint density at radius 2 is 1.49 bits per heavy atom. The van der Waals surface area contributed by atoms with E-state index in [9.17, 15) is 62.6 Å². The van der Waals surface area contributed by atoms with E-state index in [1.54, 1.807) is 0 Å². The SMILES string of the molecule is CC(C)C[C@@H](C=O)NC(=O)[C@H](CO)NC(=O)[C@H](C)NC(=O)[C@@H]1CCCN1C(=O)[C@H](CS)NC(=O)[C@H](COP(=O)(O)O)NC(=O)[C@H](Cc1cnc[nH]1)NC(=O)[C@H](C)NC(=O)[C@@H](N)CCCN=C(N)N. The second kappa shape index (κ2) is 28.6. The van der Waals surface area contributed by atoms with E-state index in [0.717, 1.165) is 4.90 Å². The fraction of sp³-hybridized carbons (Fsp3) is 0.658. The summed E-state index contributed by atoms with van der Waals surface area (Å²) in [6, 6.07) is -12.1. The van der Waals surface area contributed by atoms with Crippen LogP contribution in [0.25, 0.3) is 0 Å². The molecule has 30 heteroatoms. The molecule has 0 saturated carbocycles. The summed E-state index contributed by atoms with van der Waals surface area (Å²) in [6.45, 7) is 4.52. The smallest absolute Gasteiger partial charge is 0.394 e. The Hall–Kier alpha value is -5.71. The van der Waals surface area contributed by atoms with E-state index >= 15 is 0 Å². The number of hydrogen-bond donors (Lipinski definition) is 15. The second-order valence-electron chi connectivity index (χ2n) is 16.3. The highest BCUT2D eigenvalue weighted by molar-refractivity contribution is 7.80. The van der Waals surface area contributed by atoms with Crippen molar-refractivity contribution in [2.45, 2.75) is 121 Å². The third kappa shape index (κ3) is 20.3. The van der Waals surface area contributed by atoms with Crippen molar-refractivity contribution >= 4 is 80.0 Å². The molecule has 0 aromatic carbocycles. The van der Waals surface area contributed by atoms with Gasteiger partial charge in [-0.2, -0.15) is 12.6 Å². The van der Waals surface area contributed by atoms with Gasteiger partial charge in [-0.3, -0.25) is 47.9 Å². The highest BCUT2D eigenvalue weighted by Gasteiger charge is 2.40. The van der Waals surface area contributed by atoms with E-state index in [1.807, 2.05) is 13.8 Å². The van der Waals surface area contributed by atoms with Gasteiger partial charge in [0.1, 0.15) is 48.6 Å². The molecule has 382 valence electrons. The number of guanidine groups is 1. The average molecular weight is 1010 g/mol. The Labute approximate surface area is 397 Å². The number of phosphoric acid groups is 1. The summed E-state index contributed by atoms with van der Waals surface area (Å²) in [5.41, 5.74) is 16.8. The van der Waals surface area contributed by atoms with Crippen LogP contribution in [0.2, 0.25) is 0 Å². The molecule has 0 unspecified atom stereocenters. The summed E-state index contributed by atoms with van der Waals surface area (Å²) in [5, 5.41) is 26.5. The van der Waals surface area contributed by atoms with Crippen LogP contribution in [0.1, 0.15) is 65.5 Å². The van der Waals surface area contributed by atoms with Gasteiger partial charge < -0.3 is 84.0 Å². The maximum absolute atomic E-state index is 13.9. The molecular weight excluding hydrogens is 940 g/mol. The van der Waals surface area contributed by atoms with Gasteiger partial charge in [0.05, 0.1) is 31.6 Å². The summed E-state index contributed by atoms with van der Waals surface area (Å²) >= 11 is 4.19. The number of phosphoric ester groups is 1. The number of H-pyrrole nitrogens is 1. The Morgan fingerprint density at radius 3 is 2.04 bits per heavy atom. The Morgan fingerprint density at radius 1 is 0.897 bits per heavy atom. The van der Waals surface area contributed by atoms with Crippen LogP contribution in [0.15, 0.2) is 17.5 Å². The Kier molecular flexibility index (Phi) is 24.6. The molecule has 8 amide bonds. The van der Waals surface area contributed by atoms with E-state index in [1.165, 1.54) is 26.4 Å². The van der Waals surface area contributed by atoms with Gasteiger partial charge in [-0.15, -0.1) is 0 Å². The number of aliphatic hydroxyl groups is 1. The van der Waals surface area contributed by atoms with Crippen LogP contribution in [-0.2, 0) is 58.7 Å². The predicted octanol–water partition coefficient (Wildman–Crippen LogP) is -5.97. The molecule has 0 spiro atoms. The lowest BCUT2D eigenvalue weighted by molar-refractivity contribution is -0.142. The molecule has 1 aliphatic rings. The first kappa shape index (κ1) is 58.4. The number of carbonyl (C=O) groups excluding carboxylic acids is 9. The molecule has 1 fully saturated rings. The first-order valence-electron chi connectivity index (χ1n) is 21.5. The molecule has 1 aromatic heterocycles. The first-order valence-corrected chi connectivity index (χ1v) is 23.7. The summed E-state index contributed by atoms with van der Waals surface area (Å²) in [7, 11) is -5.28. The minimum atomic E-state index is -5.28. The van der Waals surface area contributed by atoms with Gasteiger partial charge in [0, 0.05) is 37.2 Å². The highest BCUT2D eigenvalue weighted by Crippen LogP contribution is 2.35. The number of nitrogens with one attached hydrogen (secondary N) is 8. The van der Waals surface area contributed by atoms with Crippen LogP contribution in [0.5, 0.6) is 0 Å². The van der Waals surface area contributed by atoms with Crippen LogP contribution < -0.4 is 54.4 Å². The Balaban J connectivity index is 2.20. The summed E-state index contributed by atoms with van der Waals surface area (Å²) in [6.07, 6.45) is 4.14. The zero-order valence-electron chi connectivity index (χ0n) is 38.1. The lowest BCUT2D eigenvalue weighted by Crippen LogP contribution is -2.61. The zero-order chi connectivity index (χ0) is 51.3. The fourth-order valence-electron chi connectivity index (χ4n) is 6.55. The molecule has 68 heavy (non-hydrogen) atoms. The number of nitrogens with zero attached hydrogens (tertiary/aromatic N) is 3. The van der Waals surface area contributed by atoms with Crippen molar-refractivity contribution < 1.29 is 67.1 Å². The molecular formula is C38H65N14O14PS. The van der Waals surface area contributed by atoms with E-state index < -0.39 is 123 Å². The summed E-state index contributed by atoms with van der Waals surface area (Å²) in [5.74, 6) is -7.64. The first-order chi connectivity index (χ1) is 31.9. The number of aliphatic imine (C=N–C) groups is 1. The number of carbonyl (C=O) groups is 9. The van der Waals surface area contributed by atoms with Gasteiger partial charge in [-0.05, 0) is 51.9 Å². The monoisotopic (exact) mass is 1000 g/mol.